The van der Waals surface area contributed by atoms with Crippen molar-refractivity contribution in [2.24, 2.45) is 16.6 Å². The van der Waals surface area contributed by atoms with Crippen LogP contribution in [-0.4, -0.2) is 6.04 Å². The first-order valence-corrected chi connectivity index (χ1v) is 5.32. The van der Waals surface area contributed by atoms with Crippen molar-refractivity contribution in [3.63, 3.8) is 0 Å². The second kappa shape index (κ2) is 2.47. The zero-order valence-corrected chi connectivity index (χ0v) is 8.40. The van der Waals surface area contributed by atoms with Gasteiger partial charge in [0.25, 0.3) is 0 Å². The lowest BCUT2D eigenvalue weighted by atomic mass is 9.52. The first-order chi connectivity index (χ1) is 5.56. The van der Waals surface area contributed by atoms with E-state index >= 15 is 0 Å². The molecule has 0 heterocycles. The van der Waals surface area contributed by atoms with Crippen LogP contribution in [0.2, 0.25) is 0 Å². The molecule has 12 heavy (non-hydrogen) atoms. The van der Waals surface area contributed by atoms with Crippen LogP contribution < -0.4 is 5.73 Å². The third kappa shape index (κ3) is 1.10. The molecular weight excluding hydrogens is 146 g/mol. The Morgan fingerprint density at radius 3 is 1.75 bits per heavy atom. The van der Waals surface area contributed by atoms with E-state index < -0.39 is 0 Å². The summed E-state index contributed by atoms with van der Waals surface area (Å²) < 4.78 is 0. The largest absolute Gasteiger partial charge is 0.327 e. The average Bonchev–Trinajstić information content (AvgIpc) is 2.06. The third-order valence-corrected chi connectivity index (χ3v) is 4.65. The quantitative estimate of drug-likeness (QED) is 0.638. The normalized spacial score (nSPS) is 49.2. The maximum atomic E-state index is 6.08. The van der Waals surface area contributed by atoms with Crippen LogP contribution in [0, 0.1) is 10.8 Å². The molecule has 3 saturated carbocycles. The van der Waals surface area contributed by atoms with Gasteiger partial charge in [0.15, 0.2) is 0 Å². The van der Waals surface area contributed by atoms with Crippen molar-refractivity contribution in [3.05, 3.63) is 0 Å². The van der Waals surface area contributed by atoms with Crippen molar-refractivity contribution in [1.82, 2.24) is 0 Å². The summed E-state index contributed by atoms with van der Waals surface area (Å²) >= 11 is 0. The van der Waals surface area contributed by atoms with Crippen LogP contribution >= 0.6 is 0 Å². The fourth-order valence-electron chi connectivity index (χ4n) is 3.09. The predicted octanol–water partition coefficient (Wildman–Crippen LogP) is 2.69. The SMILES string of the molecule is CC(N)C12CCC(C)(CC1)CC2. The summed E-state index contributed by atoms with van der Waals surface area (Å²) in [6.07, 6.45) is 8.45. The fourth-order valence-corrected chi connectivity index (χ4v) is 3.09. The van der Waals surface area contributed by atoms with Gasteiger partial charge in [-0.05, 0) is 56.3 Å². The molecule has 3 aliphatic carbocycles. The zero-order chi connectivity index (χ0) is 8.82. The van der Waals surface area contributed by atoms with E-state index in [4.69, 9.17) is 5.73 Å². The Labute approximate surface area is 75.7 Å². The molecule has 1 atom stereocenters. The summed E-state index contributed by atoms with van der Waals surface area (Å²) in [5.74, 6) is 0. The first-order valence-electron chi connectivity index (χ1n) is 5.32. The number of fused-ring (bicyclic) bond motifs is 3. The van der Waals surface area contributed by atoms with E-state index in [1.165, 1.54) is 38.5 Å². The van der Waals surface area contributed by atoms with Gasteiger partial charge in [-0.15, -0.1) is 0 Å². The molecule has 1 nitrogen and oxygen atoms in total. The Bertz CT molecular complexity index is 159. The smallest absolute Gasteiger partial charge is 0.00670 e. The first kappa shape index (κ1) is 8.55. The van der Waals surface area contributed by atoms with Gasteiger partial charge in [-0.2, -0.15) is 0 Å². The van der Waals surface area contributed by atoms with Gasteiger partial charge in [0, 0.05) is 6.04 Å². The Balaban J connectivity index is 2.14. The highest BCUT2D eigenvalue weighted by atomic mass is 14.7. The van der Waals surface area contributed by atoms with Gasteiger partial charge in [0.05, 0.1) is 0 Å². The van der Waals surface area contributed by atoms with E-state index in [-0.39, 0.29) is 0 Å². The standard InChI is InChI=1S/C11H21N/c1-9(12)11-6-3-10(2,4-7-11)5-8-11/h9H,3-8,12H2,1-2H3. The molecule has 70 valence electrons. The van der Waals surface area contributed by atoms with E-state index in [2.05, 4.69) is 13.8 Å². The van der Waals surface area contributed by atoms with E-state index in [0.717, 1.165) is 0 Å². The highest BCUT2D eigenvalue weighted by Crippen LogP contribution is 2.57. The molecule has 2 N–H and O–H groups in total. The molecular formula is C11H21N. The molecule has 0 aliphatic heterocycles. The van der Waals surface area contributed by atoms with Gasteiger partial charge in [0.2, 0.25) is 0 Å². The minimum atomic E-state index is 0.419. The summed E-state index contributed by atoms with van der Waals surface area (Å²) in [5.41, 5.74) is 7.31. The van der Waals surface area contributed by atoms with Crippen molar-refractivity contribution in [1.29, 1.82) is 0 Å². The van der Waals surface area contributed by atoms with Crippen LogP contribution in [0.4, 0.5) is 0 Å². The summed E-state index contributed by atoms with van der Waals surface area (Å²) in [6.45, 7) is 4.66. The minimum Gasteiger partial charge on any atom is -0.327 e. The lowest BCUT2D eigenvalue weighted by molar-refractivity contribution is -0.0105. The molecule has 0 saturated heterocycles. The molecule has 0 aromatic heterocycles. The third-order valence-electron chi connectivity index (χ3n) is 4.65. The minimum absolute atomic E-state index is 0.419. The highest BCUT2D eigenvalue weighted by molar-refractivity contribution is 5.00. The number of nitrogens with two attached hydrogens (primary N) is 1. The molecule has 1 unspecified atom stereocenters. The molecule has 0 aromatic rings. The average molecular weight is 167 g/mol. The van der Waals surface area contributed by atoms with E-state index in [9.17, 15) is 0 Å². The van der Waals surface area contributed by atoms with Crippen LogP contribution in [-0.2, 0) is 0 Å². The highest BCUT2D eigenvalue weighted by Gasteiger charge is 2.47. The predicted molar refractivity (Wildman–Crippen MR) is 51.9 cm³/mol. The molecule has 0 spiro atoms. The molecule has 3 rings (SSSR count). The van der Waals surface area contributed by atoms with Crippen molar-refractivity contribution >= 4 is 0 Å². The maximum Gasteiger partial charge on any atom is 0.00670 e. The molecule has 0 radical (unpaired) electrons. The Kier molecular flexibility index (Phi) is 1.76. The topological polar surface area (TPSA) is 26.0 Å². The Hall–Kier alpha value is -0.0400. The van der Waals surface area contributed by atoms with Gasteiger partial charge in [-0.25, -0.2) is 0 Å². The lowest BCUT2D eigenvalue weighted by Crippen LogP contribution is -2.48. The Morgan fingerprint density at radius 1 is 1.00 bits per heavy atom. The van der Waals surface area contributed by atoms with Crippen LogP contribution in [0.25, 0.3) is 0 Å². The number of hydrogen-bond donors (Lipinski definition) is 1. The van der Waals surface area contributed by atoms with Crippen molar-refractivity contribution < 1.29 is 0 Å². The Morgan fingerprint density at radius 2 is 1.42 bits per heavy atom. The number of hydrogen-bond acceptors (Lipinski definition) is 1. The maximum absolute atomic E-state index is 6.08. The molecule has 3 fully saturated rings. The van der Waals surface area contributed by atoms with Gasteiger partial charge in [-0.3, -0.25) is 0 Å². The summed E-state index contributed by atoms with van der Waals surface area (Å²) in [6, 6.07) is 0.419. The summed E-state index contributed by atoms with van der Waals surface area (Å²) in [4.78, 5) is 0. The van der Waals surface area contributed by atoms with Gasteiger partial charge in [0.1, 0.15) is 0 Å². The summed E-state index contributed by atoms with van der Waals surface area (Å²) in [5, 5.41) is 0. The summed E-state index contributed by atoms with van der Waals surface area (Å²) in [7, 11) is 0. The molecule has 0 amide bonds. The van der Waals surface area contributed by atoms with Crippen LogP contribution in [0.5, 0.6) is 0 Å². The van der Waals surface area contributed by atoms with Gasteiger partial charge >= 0.3 is 0 Å². The zero-order valence-electron chi connectivity index (χ0n) is 8.40. The van der Waals surface area contributed by atoms with E-state index in [1.807, 2.05) is 0 Å². The number of rotatable bonds is 1. The van der Waals surface area contributed by atoms with E-state index in [1.54, 1.807) is 0 Å². The van der Waals surface area contributed by atoms with Gasteiger partial charge in [-0.1, -0.05) is 6.92 Å². The second-order valence-electron chi connectivity index (χ2n) is 5.46. The molecule has 0 aromatic carbocycles. The second-order valence-corrected chi connectivity index (χ2v) is 5.46. The van der Waals surface area contributed by atoms with Crippen LogP contribution in [0.3, 0.4) is 0 Å². The fraction of sp³-hybridized carbons (Fsp3) is 1.00. The molecule has 3 aliphatic rings. The molecule has 2 bridgehead atoms. The van der Waals surface area contributed by atoms with Crippen molar-refractivity contribution in [2.75, 3.05) is 0 Å². The molecule has 1 heteroatoms. The van der Waals surface area contributed by atoms with Crippen LogP contribution in [0.1, 0.15) is 52.4 Å². The van der Waals surface area contributed by atoms with Gasteiger partial charge < -0.3 is 5.73 Å². The van der Waals surface area contributed by atoms with Crippen molar-refractivity contribution in [2.45, 2.75) is 58.4 Å². The van der Waals surface area contributed by atoms with Crippen molar-refractivity contribution in [3.8, 4) is 0 Å². The van der Waals surface area contributed by atoms with Crippen LogP contribution in [0.15, 0.2) is 0 Å². The van der Waals surface area contributed by atoms with E-state index in [0.29, 0.717) is 16.9 Å². The monoisotopic (exact) mass is 167 g/mol. The lowest BCUT2D eigenvalue weighted by Gasteiger charge is -2.54.